The van der Waals surface area contributed by atoms with Crippen LogP contribution in [0.4, 0.5) is 5.69 Å². The highest BCUT2D eigenvalue weighted by Crippen LogP contribution is 2.19. The van der Waals surface area contributed by atoms with Crippen molar-refractivity contribution in [3.63, 3.8) is 0 Å². The SMILES string of the molecule is CNc1ccccc1S(=O)(=O)NCCCCn1ccnc1. The zero-order valence-electron chi connectivity index (χ0n) is 12.0. The Bertz CT molecular complexity index is 653. The van der Waals surface area contributed by atoms with Gasteiger partial charge >= 0.3 is 0 Å². The van der Waals surface area contributed by atoms with Crippen LogP contribution in [0.2, 0.25) is 0 Å². The number of hydrogen-bond donors (Lipinski definition) is 2. The highest BCUT2D eigenvalue weighted by Gasteiger charge is 2.16. The van der Waals surface area contributed by atoms with Crippen molar-refractivity contribution in [3.8, 4) is 0 Å². The molecule has 1 aromatic heterocycles. The maximum atomic E-state index is 12.2. The first-order valence-electron chi connectivity index (χ1n) is 6.85. The van der Waals surface area contributed by atoms with Gasteiger partial charge in [-0.25, -0.2) is 18.1 Å². The minimum absolute atomic E-state index is 0.280. The summed E-state index contributed by atoms with van der Waals surface area (Å²) in [5.74, 6) is 0. The number of nitrogens with one attached hydrogen (secondary N) is 2. The molecule has 0 amide bonds. The summed E-state index contributed by atoms with van der Waals surface area (Å²) in [5, 5.41) is 2.89. The molecule has 1 heterocycles. The number of unbranched alkanes of at least 4 members (excludes halogenated alkanes) is 1. The Labute approximate surface area is 125 Å². The molecular formula is C14H20N4O2S. The lowest BCUT2D eigenvalue weighted by molar-refractivity contribution is 0.566. The second kappa shape index (κ2) is 7.24. The lowest BCUT2D eigenvalue weighted by atomic mass is 10.3. The average Bonchev–Trinajstić information content (AvgIpc) is 3.00. The quantitative estimate of drug-likeness (QED) is 0.728. The van der Waals surface area contributed by atoms with Crippen LogP contribution < -0.4 is 10.0 Å². The first kappa shape index (κ1) is 15.5. The van der Waals surface area contributed by atoms with E-state index in [9.17, 15) is 8.42 Å². The van der Waals surface area contributed by atoms with Crippen molar-refractivity contribution in [1.29, 1.82) is 0 Å². The number of aromatic nitrogens is 2. The average molecular weight is 308 g/mol. The zero-order chi connectivity index (χ0) is 15.1. The normalized spacial score (nSPS) is 11.5. The Morgan fingerprint density at radius 1 is 1.24 bits per heavy atom. The van der Waals surface area contributed by atoms with Crippen molar-refractivity contribution < 1.29 is 8.42 Å². The predicted molar refractivity (Wildman–Crippen MR) is 82.6 cm³/mol. The van der Waals surface area contributed by atoms with Gasteiger partial charge in [0.05, 0.1) is 12.0 Å². The summed E-state index contributed by atoms with van der Waals surface area (Å²) in [6.07, 6.45) is 7.06. The third kappa shape index (κ3) is 4.30. The topological polar surface area (TPSA) is 76.0 Å². The molecule has 0 saturated heterocycles. The number of imidazole rings is 1. The molecule has 0 aliphatic heterocycles. The molecule has 0 fully saturated rings. The van der Waals surface area contributed by atoms with Crippen LogP contribution >= 0.6 is 0 Å². The molecule has 0 unspecified atom stereocenters. The van der Waals surface area contributed by atoms with Gasteiger partial charge in [-0.2, -0.15) is 0 Å². The minimum Gasteiger partial charge on any atom is -0.387 e. The summed E-state index contributed by atoms with van der Waals surface area (Å²) in [5.41, 5.74) is 0.600. The summed E-state index contributed by atoms with van der Waals surface area (Å²) < 4.78 is 29.1. The molecule has 6 nitrogen and oxygen atoms in total. The smallest absolute Gasteiger partial charge is 0.242 e. The van der Waals surface area contributed by atoms with Crippen LogP contribution in [0, 0.1) is 0 Å². The lowest BCUT2D eigenvalue weighted by Gasteiger charge is -2.11. The third-order valence-corrected chi connectivity index (χ3v) is 4.66. The second-order valence-electron chi connectivity index (χ2n) is 4.65. The molecule has 7 heteroatoms. The first-order valence-corrected chi connectivity index (χ1v) is 8.34. The number of para-hydroxylation sites is 1. The van der Waals surface area contributed by atoms with E-state index >= 15 is 0 Å². The fourth-order valence-electron chi connectivity index (χ4n) is 2.03. The van der Waals surface area contributed by atoms with Gasteiger partial charge in [0.2, 0.25) is 10.0 Å². The fraction of sp³-hybridized carbons (Fsp3) is 0.357. The van der Waals surface area contributed by atoms with Crippen molar-refractivity contribution >= 4 is 15.7 Å². The van der Waals surface area contributed by atoms with Gasteiger partial charge in [0.15, 0.2) is 0 Å². The standard InChI is InChI=1S/C14H20N4O2S/c1-15-13-6-2-3-7-14(13)21(19,20)17-8-4-5-10-18-11-9-16-12-18/h2-3,6-7,9,11-12,15,17H,4-5,8,10H2,1H3. The number of nitrogens with zero attached hydrogens (tertiary/aromatic N) is 2. The van der Waals surface area contributed by atoms with Gasteiger partial charge in [0, 0.05) is 32.5 Å². The predicted octanol–water partition coefficient (Wildman–Crippen LogP) is 1.68. The van der Waals surface area contributed by atoms with Crippen molar-refractivity contribution in [2.24, 2.45) is 0 Å². The Kier molecular flexibility index (Phi) is 5.35. The summed E-state index contributed by atoms with van der Waals surface area (Å²) >= 11 is 0. The van der Waals surface area contributed by atoms with Gasteiger partial charge in [-0.1, -0.05) is 12.1 Å². The molecule has 0 saturated carbocycles. The zero-order valence-corrected chi connectivity index (χ0v) is 12.8. The second-order valence-corrected chi connectivity index (χ2v) is 6.39. The molecule has 0 aliphatic rings. The summed E-state index contributed by atoms with van der Waals surface area (Å²) in [7, 11) is -1.76. The van der Waals surface area contributed by atoms with Crippen LogP contribution in [-0.4, -0.2) is 31.6 Å². The van der Waals surface area contributed by atoms with E-state index in [1.54, 1.807) is 43.8 Å². The molecule has 2 rings (SSSR count). The van der Waals surface area contributed by atoms with Crippen LogP contribution in [0.5, 0.6) is 0 Å². The van der Waals surface area contributed by atoms with Crippen molar-refractivity contribution in [2.45, 2.75) is 24.3 Å². The van der Waals surface area contributed by atoms with E-state index in [0.29, 0.717) is 12.2 Å². The Morgan fingerprint density at radius 3 is 2.76 bits per heavy atom. The van der Waals surface area contributed by atoms with Crippen LogP contribution in [0.15, 0.2) is 47.9 Å². The number of sulfonamides is 1. The summed E-state index contributed by atoms with van der Waals surface area (Å²) in [4.78, 5) is 4.24. The molecule has 0 radical (unpaired) electrons. The third-order valence-electron chi connectivity index (χ3n) is 3.14. The Balaban J connectivity index is 1.84. The number of hydrogen-bond acceptors (Lipinski definition) is 4. The largest absolute Gasteiger partial charge is 0.387 e. The molecule has 0 atom stereocenters. The van der Waals surface area contributed by atoms with Crippen LogP contribution in [-0.2, 0) is 16.6 Å². The maximum absolute atomic E-state index is 12.2. The molecule has 0 bridgehead atoms. The number of rotatable bonds is 8. The molecule has 2 N–H and O–H groups in total. The molecule has 114 valence electrons. The molecule has 21 heavy (non-hydrogen) atoms. The first-order chi connectivity index (χ1) is 10.1. The molecular weight excluding hydrogens is 288 g/mol. The van der Waals surface area contributed by atoms with E-state index in [4.69, 9.17) is 0 Å². The van der Waals surface area contributed by atoms with E-state index in [1.807, 2.05) is 10.8 Å². The highest BCUT2D eigenvalue weighted by molar-refractivity contribution is 7.89. The van der Waals surface area contributed by atoms with Crippen molar-refractivity contribution in [3.05, 3.63) is 43.0 Å². The van der Waals surface area contributed by atoms with Gasteiger partial charge in [0.25, 0.3) is 0 Å². The molecule has 0 aliphatic carbocycles. The van der Waals surface area contributed by atoms with E-state index in [2.05, 4.69) is 15.0 Å². The van der Waals surface area contributed by atoms with Crippen LogP contribution in [0.3, 0.4) is 0 Å². The minimum atomic E-state index is -3.47. The van der Waals surface area contributed by atoms with E-state index < -0.39 is 10.0 Å². The van der Waals surface area contributed by atoms with Crippen molar-refractivity contribution in [1.82, 2.24) is 14.3 Å². The number of aryl methyl sites for hydroxylation is 1. The van der Waals surface area contributed by atoms with Crippen LogP contribution in [0.25, 0.3) is 0 Å². The van der Waals surface area contributed by atoms with Crippen molar-refractivity contribution in [2.75, 3.05) is 18.9 Å². The Morgan fingerprint density at radius 2 is 2.05 bits per heavy atom. The highest BCUT2D eigenvalue weighted by atomic mass is 32.2. The molecule has 2 aromatic rings. The van der Waals surface area contributed by atoms with E-state index in [0.717, 1.165) is 19.4 Å². The van der Waals surface area contributed by atoms with Gasteiger partial charge < -0.3 is 9.88 Å². The van der Waals surface area contributed by atoms with Crippen LogP contribution in [0.1, 0.15) is 12.8 Å². The van der Waals surface area contributed by atoms with Gasteiger partial charge in [0.1, 0.15) is 4.90 Å². The lowest BCUT2D eigenvalue weighted by Crippen LogP contribution is -2.25. The summed E-state index contributed by atoms with van der Waals surface area (Å²) in [6.45, 7) is 1.27. The van der Waals surface area contributed by atoms with Gasteiger partial charge in [-0.3, -0.25) is 0 Å². The van der Waals surface area contributed by atoms with E-state index in [-0.39, 0.29) is 4.90 Å². The number of benzene rings is 1. The fourth-order valence-corrected chi connectivity index (χ4v) is 3.32. The van der Waals surface area contributed by atoms with Gasteiger partial charge in [-0.05, 0) is 25.0 Å². The monoisotopic (exact) mass is 308 g/mol. The van der Waals surface area contributed by atoms with E-state index in [1.165, 1.54) is 0 Å². The Hall–Kier alpha value is -1.86. The molecule has 0 spiro atoms. The maximum Gasteiger partial charge on any atom is 0.242 e. The van der Waals surface area contributed by atoms with Gasteiger partial charge in [-0.15, -0.1) is 0 Å². The molecule has 1 aromatic carbocycles. The summed E-state index contributed by atoms with van der Waals surface area (Å²) in [6, 6.07) is 6.86. The number of anilines is 1.